The van der Waals surface area contributed by atoms with Gasteiger partial charge < -0.3 is 10.6 Å². The lowest BCUT2D eigenvalue weighted by Crippen LogP contribution is -2.28. The Bertz CT molecular complexity index is 583. The summed E-state index contributed by atoms with van der Waals surface area (Å²) in [6, 6.07) is 3.46. The Kier molecular flexibility index (Phi) is 4.24. The number of fused-ring (bicyclic) bond motifs is 1. The second-order valence-electron chi connectivity index (χ2n) is 3.52. The van der Waals surface area contributed by atoms with E-state index in [1.165, 1.54) is 0 Å². The number of carbonyl (C=O) groups excluding carboxylic acids is 1. The first-order valence-corrected chi connectivity index (χ1v) is 6.35. The minimum atomic E-state index is -0.181. The number of aromatic nitrogens is 2. The highest BCUT2D eigenvalue weighted by Crippen LogP contribution is 2.29. The van der Waals surface area contributed by atoms with Crippen molar-refractivity contribution in [1.29, 1.82) is 0 Å². The van der Waals surface area contributed by atoms with Crippen molar-refractivity contribution in [2.45, 2.75) is 0 Å². The second kappa shape index (κ2) is 5.90. The Morgan fingerprint density at radius 2 is 2.33 bits per heavy atom. The quantitative estimate of drug-likeness (QED) is 0.651. The highest BCUT2D eigenvalue weighted by atomic mass is 35.5. The molecular weight excluding hydrogens is 272 g/mol. The van der Waals surface area contributed by atoms with Crippen LogP contribution in [0.1, 0.15) is 0 Å². The molecule has 7 heteroatoms. The molecule has 0 unspecified atom stereocenters. The van der Waals surface area contributed by atoms with Crippen LogP contribution in [0.25, 0.3) is 11.0 Å². The van der Waals surface area contributed by atoms with Crippen LogP contribution in [0, 0.1) is 0 Å². The average molecular weight is 283 g/mol. The van der Waals surface area contributed by atoms with Crippen LogP contribution >= 0.6 is 23.3 Å². The van der Waals surface area contributed by atoms with E-state index < -0.39 is 0 Å². The smallest absolute Gasteiger partial charge is 0.238 e. The summed E-state index contributed by atoms with van der Waals surface area (Å²) < 4.78 is 8.22. The lowest BCUT2D eigenvalue weighted by molar-refractivity contribution is -0.115. The van der Waals surface area contributed by atoms with Crippen molar-refractivity contribution in [2.75, 3.05) is 18.4 Å². The number of carbonyl (C=O) groups is 1. The number of nitrogens with one attached hydrogen (secondary N) is 2. The summed E-state index contributed by atoms with van der Waals surface area (Å²) in [6.07, 6.45) is 1.69. The number of halogens is 1. The van der Waals surface area contributed by atoms with Gasteiger partial charge in [0.2, 0.25) is 5.91 Å². The molecule has 0 saturated carbocycles. The van der Waals surface area contributed by atoms with Crippen molar-refractivity contribution in [3.05, 3.63) is 29.8 Å². The highest BCUT2D eigenvalue weighted by Gasteiger charge is 2.12. The summed E-state index contributed by atoms with van der Waals surface area (Å²) in [4.78, 5) is 11.7. The molecule has 1 amide bonds. The summed E-state index contributed by atoms with van der Waals surface area (Å²) >= 11 is 7.14. The Balaban J connectivity index is 2.15. The molecule has 0 aliphatic carbocycles. The molecule has 0 saturated heterocycles. The Morgan fingerprint density at radius 3 is 3.11 bits per heavy atom. The van der Waals surface area contributed by atoms with Crippen LogP contribution in [-0.2, 0) is 4.79 Å². The maximum Gasteiger partial charge on any atom is 0.238 e. The first-order valence-electron chi connectivity index (χ1n) is 5.24. The van der Waals surface area contributed by atoms with Crippen LogP contribution in [0.5, 0.6) is 0 Å². The standard InChI is InChI=1S/C11H11ClN4OS/c1-2-5-13-6-9(17)14-10-7(12)3-4-8-11(10)16-18-15-8/h2-4,13H,1,5-6H2,(H,14,17). The van der Waals surface area contributed by atoms with Crippen molar-refractivity contribution < 1.29 is 4.79 Å². The number of nitrogens with zero attached hydrogens (tertiary/aromatic N) is 2. The van der Waals surface area contributed by atoms with Gasteiger partial charge in [0.1, 0.15) is 11.0 Å². The predicted molar refractivity (Wildman–Crippen MR) is 74.1 cm³/mol. The van der Waals surface area contributed by atoms with E-state index in [2.05, 4.69) is 26.0 Å². The zero-order chi connectivity index (χ0) is 13.0. The molecule has 5 nitrogen and oxygen atoms in total. The number of amides is 1. The van der Waals surface area contributed by atoms with Crippen LogP contribution in [0.2, 0.25) is 5.02 Å². The molecule has 0 aliphatic rings. The van der Waals surface area contributed by atoms with E-state index >= 15 is 0 Å². The van der Waals surface area contributed by atoms with Crippen LogP contribution in [-0.4, -0.2) is 27.7 Å². The normalized spacial score (nSPS) is 10.5. The van der Waals surface area contributed by atoms with E-state index in [0.29, 0.717) is 22.8 Å². The van der Waals surface area contributed by atoms with Crippen LogP contribution in [0.3, 0.4) is 0 Å². The van der Waals surface area contributed by atoms with E-state index in [1.807, 2.05) is 0 Å². The van der Waals surface area contributed by atoms with Gasteiger partial charge in [-0.3, -0.25) is 4.79 Å². The lowest BCUT2D eigenvalue weighted by atomic mass is 10.2. The zero-order valence-corrected chi connectivity index (χ0v) is 11.0. The lowest BCUT2D eigenvalue weighted by Gasteiger charge is -2.07. The molecule has 2 rings (SSSR count). The van der Waals surface area contributed by atoms with Gasteiger partial charge in [0.25, 0.3) is 0 Å². The van der Waals surface area contributed by atoms with Crippen molar-refractivity contribution >= 4 is 46.0 Å². The molecule has 1 heterocycles. The fourth-order valence-electron chi connectivity index (χ4n) is 1.42. The van der Waals surface area contributed by atoms with Gasteiger partial charge in [-0.2, -0.15) is 8.75 Å². The minimum absolute atomic E-state index is 0.181. The Hall–Kier alpha value is -1.50. The molecule has 18 heavy (non-hydrogen) atoms. The summed E-state index contributed by atoms with van der Waals surface area (Å²) in [7, 11) is 0. The summed E-state index contributed by atoms with van der Waals surface area (Å²) in [5, 5.41) is 6.10. The Morgan fingerprint density at radius 1 is 1.50 bits per heavy atom. The summed E-state index contributed by atoms with van der Waals surface area (Å²) in [5.41, 5.74) is 1.84. The molecule has 0 bridgehead atoms. The largest absolute Gasteiger partial charge is 0.322 e. The maximum absolute atomic E-state index is 11.7. The maximum atomic E-state index is 11.7. The number of rotatable bonds is 5. The van der Waals surface area contributed by atoms with Crippen LogP contribution in [0.4, 0.5) is 5.69 Å². The number of anilines is 1. The SMILES string of the molecule is C=CCNCC(=O)Nc1c(Cl)ccc2nsnc12. The third kappa shape index (κ3) is 2.84. The fourth-order valence-corrected chi connectivity index (χ4v) is 2.16. The van der Waals surface area contributed by atoms with E-state index in [1.54, 1.807) is 18.2 Å². The predicted octanol–water partition coefficient (Wildman–Crippen LogP) is 2.06. The van der Waals surface area contributed by atoms with E-state index in [-0.39, 0.29) is 12.5 Å². The fraction of sp³-hybridized carbons (Fsp3) is 0.182. The number of benzene rings is 1. The molecular formula is C11H11ClN4OS. The van der Waals surface area contributed by atoms with Crippen molar-refractivity contribution in [1.82, 2.24) is 14.1 Å². The number of hydrogen-bond donors (Lipinski definition) is 2. The van der Waals surface area contributed by atoms with Gasteiger partial charge in [-0.25, -0.2) is 0 Å². The second-order valence-corrected chi connectivity index (χ2v) is 4.46. The topological polar surface area (TPSA) is 66.9 Å². The van der Waals surface area contributed by atoms with E-state index in [4.69, 9.17) is 11.6 Å². The molecule has 0 atom stereocenters. The molecule has 0 aliphatic heterocycles. The molecule has 0 fully saturated rings. The molecule has 0 radical (unpaired) electrons. The first kappa shape index (κ1) is 12.9. The van der Waals surface area contributed by atoms with E-state index in [0.717, 1.165) is 17.2 Å². The van der Waals surface area contributed by atoms with E-state index in [9.17, 15) is 4.79 Å². The molecule has 94 valence electrons. The molecule has 1 aromatic heterocycles. The van der Waals surface area contributed by atoms with Crippen molar-refractivity contribution in [3.8, 4) is 0 Å². The molecule has 0 spiro atoms. The van der Waals surface area contributed by atoms with Crippen molar-refractivity contribution in [3.63, 3.8) is 0 Å². The van der Waals surface area contributed by atoms with Crippen LogP contribution < -0.4 is 10.6 Å². The monoisotopic (exact) mass is 282 g/mol. The summed E-state index contributed by atoms with van der Waals surface area (Å²) in [6.45, 7) is 4.32. The van der Waals surface area contributed by atoms with Gasteiger partial charge in [0.15, 0.2) is 0 Å². The van der Waals surface area contributed by atoms with Gasteiger partial charge in [-0.15, -0.1) is 6.58 Å². The van der Waals surface area contributed by atoms with Gasteiger partial charge in [0, 0.05) is 6.54 Å². The summed E-state index contributed by atoms with van der Waals surface area (Å²) in [5.74, 6) is -0.181. The van der Waals surface area contributed by atoms with Crippen molar-refractivity contribution in [2.24, 2.45) is 0 Å². The van der Waals surface area contributed by atoms with Crippen LogP contribution in [0.15, 0.2) is 24.8 Å². The molecule has 2 N–H and O–H groups in total. The third-order valence-corrected chi connectivity index (χ3v) is 3.07. The zero-order valence-electron chi connectivity index (χ0n) is 9.44. The molecule has 1 aromatic carbocycles. The molecule has 2 aromatic rings. The third-order valence-electron chi connectivity index (χ3n) is 2.22. The number of hydrogen-bond acceptors (Lipinski definition) is 5. The minimum Gasteiger partial charge on any atom is -0.322 e. The van der Waals surface area contributed by atoms with Gasteiger partial charge in [-0.1, -0.05) is 17.7 Å². The van der Waals surface area contributed by atoms with Gasteiger partial charge >= 0.3 is 0 Å². The van der Waals surface area contributed by atoms with Gasteiger partial charge in [0.05, 0.1) is 29.0 Å². The van der Waals surface area contributed by atoms with Gasteiger partial charge in [-0.05, 0) is 12.1 Å². The Labute approximate surface area is 113 Å². The average Bonchev–Trinajstić information content (AvgIpc) is 2.82. The first-order chi connectivity index (χ1) is 8.72. The highest BCUT2D eigenvalue weighted by molar-refractivity contribution is 7.00.